The van der Waals surface area contributed by atoms with Crippen molar-refractivity contribution in [3.8, 4) is 5.75 Å². The second-order valence-electron chi connectivity index (χ2n) is 10.4. The van der Waals surface area contributed by atoms with Crippen molar-refractivity contribution in [2.75, 3.05) is 26.4 Å². The van der Waals surface area contributed by atoms with E-state index in [1.807, 2.05) is 31.2 Å². The van der Waals surface area contributed by atoms with Crippen molar-refractivity contribution < 1.29 is 24.5 Å². The van der Waals surface area contributed by atoms with Crippen LogP contribution in [0.2, 0.25) is 10.0 Å². The molecule has 3 aromatic rings. The number of carbonyl (C=O) groups excluding carboxylic acids is 1. The molecule has 0 saturated carbocycles. The Balaban J connectivity index is 1.51. The lowest BCUT2D eigenvalue weighted by molar-refractivity contribution is 0.00834. The Labute approximate surface area is 236 Å². The molecule has 5 rings (SSSR count). The molecule has 1 aliphatic carbocycles. The normalized spacial score (nSPS) is 19.0. The van der Waals surface area contributed by atoms with Gasteiger partial charge >= 0.3 is 6.09 Å². The molecule has 2 aromatic carbocycles. The van der Waals surface area contributed by atoms with Gasteiger partial charge in [-0.05, 0) is 60.5 Å². The standard InChI is InChI=1S/C30H30Cl2N2O5/c1-18-13-22(38-17-30(2,15-35)16-36)8-9-23(18)28-27-24(25-14-20(32)5-10-26(25)33-27)11-12-34(28)29(37)39-21-6-3-19(31)4-7-21/h3-8,10,13-14,18,28,33,35-36H,11-12,15-17H2,1-2H3. The van der Waals surface area contributed by atoms with Crippen molar-refractivity contribution >= 4 is 40.2 Å². The van der Waals surface area contributed by atoms with Crippen LogP contribution < -0.4 is 4.74 Å². The Bertz CT molecular complexity index is 1480. The SMILES string of the molecule is CC1C=C(OCC(C)(CO)CO)C=C=C1C1c2[nH]c3ccc(Cl)cc3c2CCN1C(=O)Oc1ccc(Cl)cc1. The fraction of sp³-hybridized carbons (Fsp3) is 0.333. The molecule has 0 radical (unpaired) electrons. The van der Waals surface area contributed by atoms with Crippen LogP contribution in [0.4, 0.5) is 4.79 Å². The smallest absolute Gasteiger partial charge is 0.416 e. The summed E-state index contributed by atoms with van der Waals surface area (Å²) in [5, 5.41) is 21.4. The first-order valence-electron chi connectivity index (χ1n) is 12.8. The minimum absolute atomic E-state index is 0.128. The number of amides is 1. The molecule has 0 bridgehead atoms. The van der Waals surface area contributed by atoms with Gasteiger partial charge in [-0.1, -0.05) is 37.0 Å². The molecule has 7 nitrogen and oxygen atoms in total. The fourth-order valence-corrected chi connectivity index (χ4v) is 5.23. The van der Waals surface area contributed by atoms with E-state index < -0.39 is 17.6 Å². The zero-order valence-corrected chi connectivity index (χ0v) is 23.2. The van der Waals surface area contributed by atoms with E-state index in [1.54, 1.807) is 42.2 Å². The summed E-state index contributed by atoms with van der Waals surface area (Å²) in [5.74, 6) is 0.871. The van der Waals surface area contributed by atoms with Gasteiger partial charge in [0.05, 0.1) is 19.8 Å². The number of aromatic amines is 1. The topological polar surface area (TPSA) is 95.0 Å². The van der Waals surface area contributed by atoms with Crippen molar-refractivity contribution in [2.24, 2.45) is 11.3 Å². The highest BCUT2D eigenvalue weighted by Gasteiger charge is 2.39. The van der Waals surface area contributed by atoms with Gasteiger partial charge in [0, 0.05) is 56.2 Å². The molecule has 1 amide bonds. The molecule has 2 aliphatic rings. The monoisotopic (exact) mass is 568 g/mol. The Morgan fingerprint density at radius 2 is 1.87 bits per heavy atom. The first kappa shape index (κ1) is 27.4. The number of ether oxygens (including phenoxy) is 2. The number of nitrogens with zero attached hydrogens (tertiary/aromatic N) is 1. The second kappa shape index (κ2) is 11.1. The summed E-state index contributed by atoms with van der Waals surface area (Å²) in [6, 6.07) is 12.0. The van der Waals surface area contributed by atoms with Crippen molar-refractivity contribution in [1.29, 1.82) is 0 Å². The number of halogens is 2. The van der Waals surface area contributed by atoms with E-state index in [2.05, 4.69) is 10.7 Å². The Kier molecular flexibility index (Phi) is 7.81. The maximum atomic E-state index is 13.5. The van der Waals surface area contributed by atoms with Gasteiger partial charge in [-0.3, -0.25) is 4.90 Å². The molecule has 39 heavy (non-hydrogen) atoms. The fourth-order valence-electron chi connectivity index (χ4n) is 4.93. The van der Waals surface area contributed by atoms with E-state index in [9.17, 15) is 15.0 Å². The molecule has 0 saturated heterocycles. The average Bonchev–Trinajstić information content (AvgIpc) is 3.30. The highest BCUT2D eigenvalue weighted by Crippen LogP contribution is 2.42. The van der Waals surface area contributed by atoms with Crippen LogP contribution >= 0.6 is 23.2 Å². The molecule has 2 heterocycles. The summed E-state index contributed by atoms with van der Waals surface area (Å²) < 4.78 is 11.7. The number of carbonyl (C=O) groups is 1. The van der Waals surface area contributed by atoms with Gasteiger partial charge in [0.1, 0.15) is 17.6 Å². The Hall–Kier alpha value is -3.19. The summed E-state index contributed by atoms with van der Waals surface area (Å²) in [4.78, 5) is 18.8. The summed E-state index contributed by atoms with van der Waals surface area (Å²) in [6.07, 6.45) is 3.86. The molecule has 0 spiro atoms. The number of hydrogen-bond donors (Lipinski definition) is 3. The molecule has 2 unspecified atom stereocenters. The molecule has 3 N–H and O–H groups in total. The number of fused-ring (bicyclic) bond motifs is 3. The van der Waals surface area contributed by atoms with Crippen LogP contribution in [0.3, 0.4) is 0 Å². The van der Waals surface area contributed by atoms with Crippen molar-refractivity contribution in [1.82, 2.24) is 9.88 Å². The van der Waals surface area contributed by atoms with Crippen LogP contribution in [-0.4, -0.2) is 52.6 Å². The highest BCUT2D eigenvalue weighted by molar-refractivity contribution is 6.31. The summed E-state index contributed by atoms with van der Waals surface area (Å²) in [5.41, 5.74) is 6.46. The minimum atomic E-state index is -0.756. The number of benzene rings is 2. The molecule has 204 valence electrons. The van der Waals surface area contributed by atoms with Gasteiger partial charge in [0.15, 0.2) is 0 Å². The zero-order valence-electron chi connectivity index (χ0n) is 21.7. The zero-order chi connectivity index (χ0) is 27.7. The van der Waals surface area contributed by atoms with Gasteiger partial charge < -0.3 is 24.7 Å². The maximum absolute atomic E-state index is 13.5. The number of rotatable bonds is 7. The van der Waals surface area contributed by atoms with E-state index in [4.69, 9.17) is 32.7 Å². The third-order valence-corrected chi connectivity index (χ3v) is 7.76. The van der Waals surface area contributed by atoms with Crippen LogP contribution in [0.1, 0.15) is 31.1 Å². The van der Waals surface area contributed by atoms with Gasteiger partial charge in [0.2, 0.25) is 0 Å². The van der Waals surface area contributed by atoms with E-state index in [-0.39, 0.29) is 25.7 Å². The number of nitrogens with one attached hydrogen (secondary N) is 1. The molecule has 1 aliphatic heterocycles. The Morgan fingerprint density at radius 1 is 1.15 bits per heavy atom. The summed E-state index contributed by atoms with van der Waals surface area (Å²) >= 11 is 12.3. The van der Waals surface area contributed by atoms with Crippen LogP contribution in [0.25, 0.3) is 10.9 Å². The van der Waals surface area contributed by atoms with Crippen molar-refractivity contribution in [3.63, 3.8) is 0 Å². The van der Waals surface area contributed by atoms with Crippen molar-refractivity contribution in [3.05, 3.63) is 93.0 Å². The first-order chi connectivity index (χ1) is 18.7. The highest BCUT2D eigenvalue weighted by atomic mass is 35.5. The van der Waals surface area contributed by atoms with Crippen LogP contribution in [0.5, 0.6) is 5.75 Å². The molecule has 9 heteroatoms. The lowest BCUT2D eigenvalue weighted by atomic mass is 9.85. The molecule has 1 aromatic heterocycles. The van der Waals surface area contributed by atoms with E-state index in [0.717, 1.165) is 27.7 Å². The van der Waals surface area contributed by atoms with E-state index in [0.29, 0.717) is 34.5 Å². The first-order valence-corrected chi connectivity index (χ1v) is 13.5. The molecular formula is C30H30Cl2N2O5. The van der Waals surface area contributed by atoms with Crippen molar-refractivity contribution in [2.45, 2.75) is 26.3 Å². The summed E-state index contributed by atoms with van der Waals surface area (Å²) in [6.45, 7) is 3.98. The lowest BCUT2D eigenvalue weighted by Crippen LogP contribution is -2.43. The molecule has 0 fully saturated rings. The minimum Gasteiger partial charge on any atom is -0.493 e. The number of allylic oxidation sites excluding steroid dienone is 2. The second-order valence-corrected chi connectivity index (χ2v) is 11.3. The molecular weight excluding hydrogens is 539 g/mol. The van der Waals surface area contributed by atoms with E-state index >= 15 is 0 Å². The van der Waals surface area contributed by atoms with Gasteiger partial charge in [-0.2, -0.15) is 0 Å². The quantitative estimate of drug-likeness (QED) is 0.295. The van der Waals surface area contributed by atoms with Crippen LogP contribution in [0.15, 0.2) is 71.7 Å². The number of aliphatic hydroxyl groups is 2. The van der Waals surface area contributed by atoms with E-state index in [1.165, 1.54) is 0 Å². The predicted octanol–water partition coefficient (Wildman–Crippen LogP) is 6.20. The number of H-pyrrole nitrogens is 1. The average molecular weight is 569 g/mol. The van der Waals surface area contributed by atoms with Gasteiger partial charge in [0.25, 0.3) is 0 Å². The number of aromatic nitrogens is 1. The maximum Gasteiger partial charge on any atom is 0.416 e. The number of hydrogen-bond acceptors (Lipinski definition) is 5. The third kappa shape index (κ3) is 5.60. The molecule has 2 atom stereocenters. The Morgan fingerprint density at radius 3 is 2.56 bits per heavy atom. The van der Waals surface area contributed by atoms with Gasteiger partial charge in [-0.25, -0.2) is 4.79 Å². The number of aliphatic hydroxyl groups excluding tert-OH is 2. The lowest BCUT2D eigenvalue weighted by Gasteiger charge is -2.37. The predicted molar refractivity (Wildman–Crippen MR) is 151 cm³/mol. The largest absolute Gasteiger partial charge is 0.493 e. The third-order valence-electron chi connectivity index (χ3n) is 7.27. The van der Waals surface area contributed by atoms with Crippen LogP contribution in [-0.2, 0) is 11.2 Å². The van der Waals surface area contributed by atoms with Crippen LogP contribution in [0, 0.1) is 11.3 Å². The summed E-state index contributed by atoms with van der Waals surface area (Å²) in [7, 11) is 0. The van der Waals surface area contributed by atoms with Gasteiger partial charge in [-0.15, -0.1) is 5.73 Å².